The van der Waals surface area contributed by atoms with Gasteiger partial charge in [-0.15, -0.1) is 0 Å². The Kier molecular flexibility index (Phi) is 2.24. The van der Waals surface area contributed by atoms with Gasteiger partial charge in [-0.25, -0.2) is 0 Å². The van der Waals surface area contributed by atoms with E-state index in [1.54, 1.807) is 0 Å². The predicted octanol–water partition coefficient (Wildman–Crippen LogP) is -1.15. The van der Waals surface area contributed by atoms with E-state index in [-0.39, 0.29) is 18.4 Å². The van der Waals surface area contributed by atoms with Crippen LogP contribution in [0.25, 0.3) is 0 Å². The molecule has 1 fully saturated rings. The molecule has 54 valence electrons. The van der Waals surface area contributed by atoms with Gasteiger partial charge >= 0.3 is 0 Å². The molecule has 1 rings (SSSR count). The molecule has 0 aromatic carbocycles. The van der Waals surface area contributed by atoms with E-state index in [0.29, 0.717) is 0 Å². The maximum Gasteiger partial charge on any atom is 0.226 e. The second-order valence-electron chi connectivity index (χ2n) is 2.23. The highest BCUT2D eigenvalue weighted by Crippen LogP contribution is 2.00. The molecule has 0 aliphatic carbocycles. The van der Waals surface area contributed by atoms with Gasteiger partial charge in [0.15, 0.2) is 0 Å². The highest BCUT2D eigenvalue weighted by Gasteiger charge is 2.23. The number of hydrogen-bond donors (Lipinski definition) is 2. The van der Waals surface area contributed by atoms with Crippen LogP contribution in [0.3, 0.4) is 0 Å². The zero-order chi connectivity index (χ0) is 7.40. The van der Waals surface area contributed by atoms with Gasteiger partial charge in [0.2, 0.25) is 5.91 Å². The molecule has 4 heteroatoms. The van der Waals surface area contributed by atoms with Crippen LogP contribution in [0.5, 0.6) is 0 Å². The number of nitrogens with zero attached hydrogens (tertiary/aromatic N) is 1. The van der Waals surface area contributed by atoms with E-state index in [1.807, 2.05) is 6.07 Å². The maximum atomic E-state index is 10.9. The van der Waals surface area contributed by atoms with Crippen LogP contribution in [0.15, 0.2) is 0 Å². The van der Waals surface area contributed by atoms with Crippen LogP contribution in [0, 0.1) is 17.2 Å². The van der Waals surface area contributed by atoms with Crippen LogP contribution in [0.2, 0.25) is 0 Å². The van der Waals surface area contributed by atoms with Gasteiger partial charge in [-0.2, -0.15) is 5.26 Å². The van der Waals surface area contributed by atoms with Gasteiger partial charge in [-0.1, -0.05) is 0 Å². The minimum absolute atomic E-state index is 0.0136. The summed E-state index contributed by atoms with van der Waals surface area (Å²) in [5.41, 5.74) is 0. The summed E-state index contributed by atoms with van der Waals surface area (Å²) in [6.45, 7) is 1.61. The van der Waals surface area contributed by atoms with E-state index in [0.717, 1.165) is 13.1 Å². The largest absolute Gasteiger partial charge is 0.343 e. The summed E-state index contributed by atoms with van der Waals surface area (Å²) in [5.74, 6) is 0.0775. The van der Waals surface area contributed by atoms with Gasteiger partial charge < -0.3 is 10.6 Å². The second-order valence-corrected chi connectivity index (χ2v) is 2.23. The molecule has 0 bridgehead atoms. The van der Waals surface area contributed by atoms with Gasteiger partial charge in [-0.3, -0.25) is 4.79 Å². The number of nitriles is 1. The fraction of sp³-hybridized carbons (Fsp3) is 0.667. The quantitative estimate of drug-likeness (QED) is 0.474. The summed E-state index contributed by atoms with van der Waals surface area (Å²) in [5, 5.41) is 13.6. The van der Waals surface area contributed by atoms with Crippen LogP contribution in [-0.2, 0) is 4.79 Å². The molecule has 2 N–H and O–H groups in total. The molecule has 1 aliphatic rings. The molecule has 0 aromatic rings. The Bertz CT molecular complexity index is 168. The first kappa shape index (κ1) is 7.03. The van der Waals surface area contributed by atoms with Crippen LogP contribution in [-0.4, -0.2) is 25.5 Å². The van der Waals surface area contributed by atoms with Gasteiger partial charge in [0, 0.05) is 13.1 Å². The van der Waals surface area contributed by atoms with Crippen LogP contribution >= 0.6 is 0 Å². The normalized spacial score (nSPS) is 17.1. The Hall–Kier alpha value is -1.08. The van der Waals surface area contributed by atoms with Gasteiger partial charge in [-0.05, 0) is 0 Å². The monoisotopic (exact) mass is 139 g/mol. The lowest BCUT2D eigenvalue weighted by Gasteiger charge is -2.25. The van der Waals surface area contributed by atoms with Gasteiger partial charge in [0.25, 0.3) is 0 Å². The molecule has 1 aliphatic heterocycles. The fourth-order valence-corrected chi connectivity index (χ4v) is 0.745. The minimum Gasteiger partial charge on any atom is -0.343 e. The molecule has 0 spiro atoms. The van der Waals surface area contributed by atoms with E-state index >= 15 is 0 Å². The first-order valence-corrected chi connectivity index (χ1v) is 3.20. The Balaban J connectivity index is 2.15. The summed E-state index contributed by atoms with van der Waals surface area (Å²) >= 11 is 0. The van der Waals surface area contributed by atoms with Crippen molar-refractivity contribution < 1.29 is 4.79 Å². The molecule has 0 atom stereocenters. The average Bonchev–Trinajstić information content (AvgIpc) is 1.79. The molecule has 0 radical (unpaired) electrons. The van der Waals surface area contributed by atoms with Crippen molar-refractivity contribution in [2.24, 2.45) is 5.92 Å². The van der Waals surface area contributed by atoms with Crippen molar-refractivity contribution in [1.82, 2.24) is 10.6 Å². The SMILES string of the molecule is N#CCNC(=O)C1CNC1. The predicted molar refractivity (Wildman–Crippen MR) is 35.0 cm³/mol. The third-order valence-electron chi connectivity index (χ3n) is 1.49. The highest BCUT2D eigenvalue weighted by atomic mass is 16.2. The van der Waals surface area contributed by atoms with Crippen LogP contribution in [0.4, 0.5) is 0 Å². The summed E-state index contributed by atoms with van der Waals surface area (Å²) < 4.78 is 0. The third-order valence-corrected chi connectivity index (χ3v) is 1.49. The Morgan fingerprint density at radius 2 is 2.50 bits per heavy atom. The van der Waals surface area contributed by atoms with E-state index in [4.69, 9.17) is 5.26 Å². The standard InChI is InChI=1S/C6H9N3O/c7-1-2-9-6(10)5-3-8-4-5/h5,8H,2-4H2,(H,9,10). The number of rotatable bonds is 2. The molecule has 1 amide bonds. The number of nitrogens with one attached hydrogen (secondary N) is 2. The van der Waals surface area contributed by atoms with Crippen molar-refractivity contribution in [3.8, 4) is 6.07 Å². The summed E-state index contributed by atoms with van der Waals surface area (Å²) in [6.07, 6.45) is 0. The molecule has 0 aromatic heterocycles. The molecule has 1 saturated heterocycles. The Morgan fingerprint density at radius 1 is 1.80 bits per heavy atom. The number of amides is 1. The summed E-state index contributed by atoms with van der Waals surface area (Å²) in [7, 11) is 0. The highest BCUT2D eigenvalue weighted by molar-refractivity contribution is 5.80. The van der Waals surface area contributed by atoms with Crippen molar-refractivity contribution in [2.45, 2.75) is 0 Å². The topological polar surface area (TPSA) is 64.9 Å². The molecule has 0 saturated carbocycles. The smallest absolute Gasteiger partial charge is 0.226 e. The Labute approximate surface area is 59.2 Å². The fourth-order valence-electron chi connectivity index (χ4n) is 0.745. The van der Waals surface area contributed by atoms with E-state index < -0.39 is 0 Å². The molecular weight excluding hydrogens is 130 g/mol. The average molecular weight is 139 g/mol. The van der Waals surface area contributed by atoms with Crippen molar-refractivity contribution >= 4 is 5.91 Å². The van der Waals surface area contributed by atoms with E-state index in [1.165, 1.54) is 0 Å². The van der Waals surface area contributed by atoms with Crippen molar-refractivity contribution in [3.05, 3.63) is 0 Å². The first-order chi connectivity index (χ1) is 4.84. The number of carbonyl (C=O) groups excluding carboxylic acids is 1. The summed E-state index contributed by atoms with van der Waals surface area (Å²) in [4.78, 5) is 10.9. The number of carbonyl (C=O) groups is 1. The van der Waals surface area contributed by atoms with E-state index in [9.17, 15) is 4.79 Å². The molecular formula is C6H9N3O. The third kappa shape index (κ3) is 1.45. The lowest BCUT2D eigenvalue weighted by molar-refractivity contribution is -0.126. The zero-order valence-electron chi connectivity index (χ0n) is 5.55. The second kappa shape index (κ2) is 3.18. The molecule has 1 heterocycles. The van der Waals surface area contributed by atoms with Crippen molar-refractivity contribution in [1.29, 1.82) is 5.26 Å². The minimum atomic E-state index is -0.0136. The molecule has 0 unspecified atom stereocenters. The lowest BCUT2D eigenvalue weighted by Crippen LogP contribution is -2.50. The molecule has 4 nitrogen and oxygen atoms in total. The van der Waals surface area contributed by atoms with Crippen LogP contribution in [0.1, 0.15) is 0 Å². The Morgan fingerprint density at radius 3 is 2.90 bits per heavy atom. The first-order valence-electron chi connectivity index (χ1n) is 3.20. The van der Waals surface area contributed by atoms with Crippen molar-refractivity contribution in [3.63, 3.8) is 0 Å². The number of hydrogen-bond acceptors (Lipinski definition) is 3. The van der Waals surface area contributed by atoms with Crippen LogP contribution < -0.4 is 10.6 Å². The maximum absolute atomic E-state index is 10.9. The zero-order valence-corrected chi connectivity index (χ0v) is 5.55. The van der Waals surface area contributed by atoms with Gasteiger partial charge in [0.1, 0.15) is 6.54 Å². The summed E-state index contributed by atoms with van der Waals surface area (Å²) in [6, 6.07) is 1.85. The van der Waals surface area contributed by atoms with E-state index in [2.05, 4.69) is 10.6 Å². The lowest BCUT2D eigenvalue weighted by atomic mass is 10.0. The van der Waals surface area contributed by atoms with Crippen molar-refractivity contribution in [2.75, 3.05) is 19.6 Å². The van der Waals surface area contributed by atoms with Gasteiger partial charge in [0.05, 0.1) is 12.0 Å². The molecule has 10 heavy (non-hydrogen) atoms.